The zero-order valence-corrected chi connectivity index (χ0v) is 12.2. The van der Waals surface area contributed by atoms with E-state index in [0.29, 0.717) is 10.7 Å². The molecule has 0 aliphatic carbocycles. The fraction of sp³-hybridized carbons (Fsp3) is 0.0588. The van der Waals surface area contributed by atoms with Gasteiger partial charge >= 0.3 is 5.13 Å². The van der Waals surface area contributed by atoms with Crippen molar-refractivity contribution in [3.8, 4) is 11.1 Å². The Balaban J connectivity index is 1.78. The van der Waals surface area contributed by atoms with Gasteiger partial charge in [-0.3, -0.25) is 10.5 Å². The Bertz CT molecular complexity index is 748. The van der Waals surface area contributed by atoms with Gasteiger partial charge in [0, 0.05) is 10.9 Å². The number of anilines is 1. The minimum atomic E-state index is 0.0599. The van der Waals surface area contributed by atoms with E-state index in [9.17, 15) is 4.79 Å². The predicted octanol–water partition coefficient (Wildman–Crippen LogP) is 3.17. The molecule has 4 heteroatoms. The molecular formula is C17H15N2OS+. The van der Waals surface area contributed by atoms with Crippen LogP contribution in [0.3, 0.4) is 0 Å². The summed E-state index contributed by atoms with van der Waals surface area (Å²) in [6, 6.07) is 17.8. The predicted molar refractivity (Wildman–Crippen MR) is 85.1 cm³/mol. The molecule has 1 aromatic heterocycles. The van der Waals surface area contributed by atoms with Gasteiger partial charge in [-0.1, -0.05) is 65.9 Å². The van der Waals surface area contributed by atoms with E-state index in [0.717, 1.165) is 11.1 Å². The molecule has 0 saturated heterocycles. The number of carbonyl (C=O) groups is 1. The highest BCUT2D eigenvalue weighted by Gasteiger charge is 2.13. The Labute approximate surface area is 127 Å². The second-order valence-electron chi connectivity index (χ2n) is 4.74. The molecule has 2 aromatic carbocycles. The lowest BCUT2D eigenvalue weighted by Crippen LogP contribution is -2.38. The Kier molecular flexibility index (Phi) is 3.79. The molecule has 0 fully saturated rings. The number of thiazole rings is 1. The summed E-state index contributed by atoms with van der Waals surface area (Å²) >= 11 is 1.43. The van der Waals surface area contributed by atoms with Crippen LogP contribution < -0.4 is 10.3 Å². The summed E-state index contributed by atoms with van der Waals surface area (Å²) in [5.74, 6) is 0.0599. The van der Waals surface area contributed by atoms with Crippen LogP contribution in [0.25, 0.3) is 11.1 Å². The van der Waals surface area contributed by atoms with Crippen LogP contribution in [-0.4, -0.2) is 5.78 Å². The quantitative estimate of drug-likeness (QED) is 0.593. The van der Waals surface area contributed by atoms with Crippen molar-refractivity contribution in [1.82, 2.24) is 0 Å². The first-order chi connectivity index (χ1) is 10.2. The molecule has 3 aromatic rings. The normalized spacial score (nSPS) is 10.5. The third kappa shape index (κ3) is 3.01. The van der Waals surface area contributed by atoms with Crippen LogP contribution in [0.5, 0.6) is 0 Å². The topological polar surface area (TPSA) is 47.0 Å². The van der Waals surface area contributed by atoms with E-state index < -0.39 is 0 Å². The lowest BCUT2D eigenvalue weighted by atomic mass is 10.0. The molecule has 0 aliphatic rings. The number of nitrogens with zero attached hydrogens (tertiary/aromatic N) is 1. The second-order valence-corrected chi connectivity index (χ2v) is 5.66. The largest absolute Gasteiger partial charge is 0.332 e. The summed E-state index contributed by atoms with van der Waals surface area (Å²) in [5.41, 5.74) is 8.75. The molecule has 3 rings (SSSR count). The van der Waals surface area contributed by atoms with Crippen LogP contribution in [0.2, 0.25) is 0 Å². The number of hydrogen-bond acceptors (Lipinski definition) is 3. The van der Waals surface area contributed by atoms with Gasteiger partial charge in [-0.2, -0.15) is 0 Å². The number of Topliss-reactive ketones (excluding diaryl/α,β-unsaturated/α-hetero) is 1. The highest BCUT2D eigenvalue weighted by atomic mass is 32.1. The van der Waals surface area contributed by atoms with Crippen LogP contribution in [0.15, 0.2) is 66.2 Å². The van der Waals surface area contributed by atoms with Crippen molar-refractivity contribution in [2.75, 3.05) is 5.73 Å². The van der Waals surface area contributed by atoms with E-state index in [4.69, 9.17) is 5.73 Å². The van der Waals surface area contributed by atoms with Crippen molar-refractivity contribution in [3.63, 3.8) is 0 Å². The second kappa shape index (κ2) is 5.89. The fourth-order valence-electron chi connectivity index (χ4n) is 2.17. The summed E-state index contributed by atoms with van der Waals surface area (Å²) < 4.78 is 1.76. The van der Waals surface area contributed by atoms with E-state index in [1.807, 2.05) is 54.0 Å². The molecule has 0 spiro atoms. The Morgan fingerprint density at radius 1 is 1.00 bits per heavy atom. The summed E-state index contributed by atoms with van der Waals surface area (Å²) in [7, 11) is 0. The standard InChI is InChI=1S/C17H14N2OS/c18-17-19(10-11-21-17)12-16(20)15-8-6-14(7-9-15)13-4-2-1-3-5-13/h1-11,18H,12H2/p+1. The van der Waals surface area contributed by atoms with E-state index in [1.165, 1.54) is 11.3 Å². The number of nitrogen functional groups attached to an aromatic ring is 1. The van der Waals surface area contributed by atoms with E-state index in [-0.39, 0.29) is 12.3 Å². The Hall–Kier alpha value is -2.46. The highest BCUT2D eigenvalue weighted by Crippen LogP contribution is 2.19. The number of aromatic nitrogens is 1. The number of hydrogen-bond donors (Lipinski definition) is 1. The van der Waals surface area contributed by atoms with Crippen molar-refractivity contribution in [2.24, 2.45) is 0 Å². The van der Waals surface area contributed by atoms with Crippen LogP contribution in [0.4, 0.5) is 5.13 Å². The smallest absolute Gasteiger partial charge is 0.290 e. The number of carbonyl (C=O) groups excluding carboxylic acids is 1. The maximum atomic E-state index is 12.2. The van der Waals surface area contributed by atoms with Crippen molar-refractivity contribution in [2.45, 2.75) is 6.54 Å². The zero-order valence-electron chi connectivity index (χ0n) is 11.4. The Morgan fingerprint density at radius 2 is 1.67 bits per heavy atom. The average Bonchev–Trinajstić information content (AvgIpc) is 2.93. The van der Waals surface area contributed by atoms with Crippen molar-refractivity contribution in [1.29, 1.82) is 0 Å². The molecule has 21 heavy (non-hydrogen) atoms. The van der Waals surface area contributed by atoms with Crippen molar-refractivity contribution < 1.29 is 9.36 Å². The van der Waals surface area contributed by atoms with Gasteiger partial charge < -0.3 is 0 Å². The maximum Gasteiger partial charge on any atom is 0.332 e. The molecule has 2 N–H and O–H groups in total. The number of ketones is 1. The van der Waals surface area contributed by atoms with Crippen LogP contribution >= 0.6 is 11.3 Å². The molecule has 0 unspecified atom stereocenters. The minimum Gasteiger partial charge on any atom is -0.290 e. The average molecular weight is 295 g/mol. The maximum absolute atomic E-state index is 12.2. The highest BCUT2D eigenvalue weighted by molar-refractivity contribution is 7.12. The molecule has 0 radical (unpaired) electrons. The first-order valence-electron chi connectivity index (χ1n) is 6.65. The molecule has 3 nitrogen and oxygen atoms in total. The SMILES string of the molecule is Nc1scc[n+]1CC(=O)c1ccc(-c2ccccc2)cc1. The molecule has 0 amide bonds. The van der Waals surface area contributed by atoms with Crippen molar-refractivity contribution in [3.05, 3.63) is 71.7 Å². The molecule has 0 bridgehead atoms. The van der Waals surface area contributed by atoms with Gasteiger partial charge in [0.2, 0.25) is 5.78 Å². The summed E-state index contributed by atoms with van der Waals surface area (Å²) in [6.45, 7) is 0.278. The first kappa shape index (κ1) is 13.5. The minimum absolute atomic E-state index is 0.0599. The van der Waals surface area contributed by atoms with Crippen LogP contribution in [-0.2, 0) is 6.54 Å². The zero-order chi connectivity index (χ0) is 14.7. The van der Waals surface area contributed by atoms with Gasteiger partial charge in [-0.15, -0.1) is 0 Å². The summed E-state index contributed by atoms with van der Waals surface area (Å²) in [5, 5.41) is 2.52. The van der Waals surface area contributed by atoms with Gasteiger partial charge in [-0.25, -0.2) is 4.57 Å². The van der Waals surface area contributed by atoms with E-state index >= 15 is 0 Å². The third-order valence-corrected chi connectivity index (χ3v) is 4.07. The van der Waals surface area contributed by atoms with Gasteiger partial charge in [0.05, 0.1) is 0 Å². The molecule has 0 saturated carbocycles. The van der Waals surface area contributed by atoms with Crippen molar-refractivity contribution >= 4 is 22.3 Å². The first-order valence-corrected chi connectivity index (χ1v) is 7.53. The lowest BCUT2D eigenvalue weighted by molar-refractivity contribution is -0.664. The number of nitrogens with two attached hydrogens (primary N) is 1. The molecule has 1 heterocycles. The summed E-state index contributed by atoms with van der Waals surface area (Å²) in [6.07, 6.45) is 1.83. The Morgan fingerprint density at radius 3 is 2.29 bits per heavy atom. The number of benzene rings is 2. The van der Waals surface area contributed by atoms with Crippen LogP contribution in [0.1, 0.15) is 10.4 Å². The van der Waals surface area contributed by atoms with Crippen LogP contribution in [0, 0.1) is 0 Å². The third-order valence-electron chi connectivity index (χ3n) is 3.34. The van der Waals surface area contributed by atoms with Gasteiger partial charge in [0.1, 0.15) is 6.20 Å². The molecule has 0 atom stereocenters. The fourth-order valence-corrected chi connectivity index (χ4v) is 2.78. The van der Waals surface area contributed by atoms with E-state index in [1.54, 1.807) is 4.57 Å². The summed E-state index contributed by atoms with van der Waals surface area (Å²) in [4.78, 5) is 12.2. The monoisotopic (exact) mass is 295 g/mol. The van der Waals surface area contributed by atoms with Gasteiger partial charge in [0.25, 0.3) is 0 Å². The lowest BCUT2D eigenvalue weighted by Gasteiger charge is -2.03. The molecule has 0 aliphatic heterocycles. The molecular weight excluding hydrogens is 280 g/mol. The van der Waals surface area contributed by atoms with Gasteiger partial charge in [-0.05, 0) is 11.1 Å². The van der Waals surface area contributed by atoms with E-state index in [2.05, 4.69) is 12.1 Å². The number of rotatable bonds is 4. The van der Waals surface area contributed by atoms with Gasteiger partial charge in [0.15, 0.2) is 6.54 Å². The molecule has 104 valence electrons.